The smallest absolute Gasteiger partial charge is 0.142 e. The average molecular weight is 282 g/mol. The van der Waals surface area contributed by atoms with Crippen molar-refractivity contribution in [2.75, 3.05) is 13.6 Å². The molecule has 0 bridgehead atoms. The molecule has 102 valence electrons. The van der Waals surface area contributed by atoms with Crippen LogP contribution in [0.1, 0.15) is 11.4 Å². The van der Waals surface area contributed by atoms with Gasteiger partial charge in [-0.05, 0) is 31.7 Å². The summed E-state index contributed by atoms with van der Waals surface area (Å²) < 4.78 is 15.4. The Balaban J connectivity index is 1.88. The van der Waals surface area contributed by atoms with Crippen LogP contribution in [-0.4, -0.2) is 28.0 Å². The van der Waals surface area contributed by atoms with Gasteiger partial charge in [-0.15, -0.1) is 0 Å². The predicted molar refractivity (Wildman–Crippen MR) is 74.7 cm³/mol. The number of likely N-dealkylation sites (N-methyl/N-ethyl adjacent to an activating group) is 1. The first kappa shape index (κ1) is 14.0. The van der Waals surface area contributed by atoms with E-state index in [9.17, 15) is 4.39 Å². The van der Waals surface area contributed by atoms with Gasteiger partial charge in [-0.1, -0.05) is 17.7 Å². The quantitative estimate of drug-likeness (QED) is 0.840. The Morgan fingerprint density at radius 2 is 2.21 bits per heavy atom. The molecule has 0 spiro atoms. The number of rotatable bonds is 5. The minimum absolute atomic E-state index is 0.167. The van der Waals surface area contributed by atoms with Gasteiger partial charge in [0, 0.05) is 32.0 Å². The Hall–Kier alpha value is -1.39. The van der Waals surface area contributed by atoms with E-state index in [-0.39, 0.29) is 10.8 Å². The van der Waals surface area contributed by atoms with Crippen LogP contribution < -0.4 is 0 Å². The maximum Gasteiger partial charge on any atom is 0.142 e. The number of imidazole rings is 1. The summed E-state index contributed by atoms with van der Waals surface area (Å²) in [5.41, 5.74) is 0.923. The zero-order valence-corrected chi connectivity index (χ0v) is 11.9. The first-order valence-electron chi connectivity index (χ1n) is 6.16. The number of aromatic nitrogens is 2. The normalized spacial score (nSPS) is 11.2. The summed E-state index contributed by atoms with van der Waals surface area (Å²) in [5.74, 6) is 0.643. The summed E-state index contributed by atoms with van der Waals surface area (Å²) in [7, 11) is 2.01. The van der Waals surface area contributed by atoms with Gasteiger partial charge in [0.15, 0.2) is 0 Å². The van der Waals surface area contributed by atoms with E-state index >= 15 is 0 Å². The number of hydrogen-bond donors (Lipinski definition) is 0. The van der Waals surface area contributed by atoms with Crippen LogP contribution in [0.25, 0.3) is 0 Å². The molecule has 2 aromatic rings. The third-order valence-electron chi connectivity index (χ3n) is 3.08. The number of benzene rings is 1. The lowest BCUT2D eigenvalue weighted by molar-refractivity contribution is 0.310. The molecular formula is C14H17ClFN3. The Labute approximate surface area is 117 Å². The van der Waals surface area contributed by atoms with Crippen LogP contribution >= 0.6 is 11.6 Å². The molecule has 1 aromatic carbocycles. The van der Waals surface area contributed by atoms with Crippen LogP contribution in [0.4, 0.5) is 4.39 Å². The van der Waals surface area contributed by atoms with Crippen molar-refractivity contribution in [1.29, 1.82) is 0 Å². The van der Waals surface area contributed by atoms with Gasteiger partial charge in [-0.3, -0.25) is 0 Å². The fourth-order valence-electron chi connectivity index (χ4n) is 1.95. The molecule has 0 aliphatic rings. The lowest BCUT2D eigenvalue weighted by atomic mass is 10.2. The Morgan fingerprint density at radius 3 is 2.84 bits per heavy atom. The second-order valence-corrected chi connectivity index (χ2v) is 5.06. The van der Waals surface area contributed by atoms with E-state index in [0.29, 0.717) is 6.54 Å². The van der Waals surface area contributed by atoms with E-state index in [0.717, 1.165) is 24.5 Å². The van der Waals surface area contributed by atoms with Gasteiger partial charge >= 0.3 is 0 Å². The largest absolute Gasteiger partial charge is 0.334 e. The number of halogens is 2. The van der Waals surface area contributed by atoms with Crippen LogP contribution in [0.15, 0.2) is 30.6 Å². The van der Waals surface area contributed by atoms with Crippen molar-refractivity contribution in [1.82, 2.24) is 14.5 Å². The maximum absolute atomic E-state index is 13.3. The van der Waals surface area contributed by atoms with Crippen molar-refractivity contribution >= 4 is 11.6 Å². The molecular weight excluding hydrogens is 265 g/mol. The molecule has 2 rings (SSSR count). The molecule has 3 nitrogen and oxygen atoms in total. The molecule has 19 heavy (non-hydrogen) atoms. The molecule has 0 aliphatic heterocycles. The number of nitrogens with zero attached hydrogens (tertiary/aromatic N) is 3. The average Bonchev–Trinajstić information content (AvgIpc) is 2.77. The lowest BCUT2D eigenvalue weighted by Gasteiger charge is -2.17. The monoisotopic (exact) mass is 281 g/mol. The zero-order valence-electron chi connectivity index (χ0n) is 11.1. The molecule has 0 N–H and O–H groups in total. The SMILES string of the molecule is Cc1nccn1CCN(C)Cc1ccc(Cl)c(F)c1. The Kier molecular flexibility index (Phi) is 4.56. The molecule has 0 aliphatic carbocycles. The van der Waals surface area contributed by atoms with Gasteiger partial charge in [-0.25, -0.2) is 9.37 Å². The van der Waals surface area contributed by atoms with Crippen LogP contribution in [0, 0.1) is 12.7 Å². The summed E-state index contributed by atoms with van der Waals surface area (Å²) in [6.07, 6.45) is 3.76. The van der Waals surface area contributed by atoms with E-state index in [2.05, 4.69) is 14.5 Å². The van der Waals surface area contributed by atoms with Gasteiger partial charge in [0.05, 0.1) is 5.02 Å². The van der Waals surface area contributed by atoms with E-state index in [1.807, 2.05) is 26.2 Å². The van der Waals surface area contributed by atoms with Crippen molar-refractivity contribution in [2.24, 2.45) is 0 Å². The summed E-state index contributed by atoms with van der Waals surface area (Å²) in [6, 6.07) is 4.94. The predicted octanol–water partition coefficient (Wildman–Crippen LogP) is 3.12. The van der Waals surface area contributed by atoms with Crippen molar-refractivity contribution in [3.63, 3.8) is 0 Å². The van der Waals surface area contributed by atoms with Gasteiger partial charge in [-0.2, -0.15) is 0 Å². The number of aryl methyl sites for hydroxylation is 1. The fraction of sp³-hybridized carbons (Fsp3) is 0.357. The van der Waals surface area contributed by atoms with Gasteiger partial charge in [0.2, 0.25) is 0 Å². The van der Waals surface area contributed by atoms with Crippen LogP contribution in [0.5, 0.6) is 0 Å². The molecule has 5 heteroatoms. The fourth-order valence-corrected chi connectivity index (χ4v) is 2.06. The van der Waals surface area contributed by atoms with E-state index in [1.165, 1.54) is 6.07 Å². The zero-order chi connectivity index (χ0) is 13.8. The van der Waals surface area contributed by atoms with Gasteiger partial charge < -0.3 is 9.47 Å². The van der Waals surface area contributed by atoms with Gasteiger partial charge in [0.25, 0.3) is 0 Å². The van der Waals surface area contributed by atoms with Crippen molar-refractivity contribution in [2.45, 2.75) is 20.0 Å². The van der Waals surface area contributed by atoms with Crippen molar-refractivity contribution < 1.29 is 4.39 Å². The molecule has 0 radical (unpaired) electrons. The minimum Gasteiger partial charge on any atom is -0.334 e. The maximum atomic E-state index is 13.3. The molecule has 0 unspecified atom stereocenters. The molecule has 1 heterocycles. The molecule has 1 aromatic heterocycles. The second kappa shape index (κ2) is 6.17. The standard InChI is InChI=1S/C14H17ClFN3/c1-11-17-5-6-19(11)8-7-18(2)10-12-3-4-13(15)14(16)9-12/h3-6,9H,7-8,10H2,1-2H3. The molecule has 0 atom stereocenters. The van der Waals surface area contributed by atoms with Gasteiger partial charge in [0.1, 0.15) is 11.6 Å². The first-order chi connectivity index (χ1) is 9.06. The van der Waals surface area contributed by atoms with Crippen molar-refractivity contribution in [3.05, 3.63) is 52.8 Å². The third kappa shape index (κ3) is 3.78. The third-order valence-corrected chi connectivity index (χ3v) is 3.39. The van der Waals surface area contributed by atoms with Crippen LogP contribution in [0.3, 0.4) is 0 Å². The topological polar surface area (TPSA) is 21.1 Å². The second-order valence-electron chi connectivity index (χ2n) is 4.65. The highest BCUT2D eigenvalue weighted by atomic mass is 35.5. The summed E-state index contributed by atoms with van der Waals surface area (Å²) in [6.45, 7) is 4.43. The number of hydrogen-bond acceptors (Lipinski definition) is 2. The highest BCUT2D eigenvalue weighted by Crippen LogP contribution is 2.16. The Bertz CT molecular complexity index is 553. The highest BCUT2D eigenvalue weighted by Gasteiger charge is 2.05. The van der Waals surface area contributed by atoms with Crippen LogP contribution in [-0.2, 0) is 13.1 Å². The summed E-state index contributed by atoms with van der Waals surface area (Å²) >= 11 is 5.66. The summed E-state index contributed by atoms with van der Waals surface area (Å²) in [5, 5.41) is 0.167. The van der Waals surface area contributed by atoms with E-state index in [1.54, 1.807) is 12.3 Å². The molecule has 0 saturated carbocycles. The minimum atomic E-state index is -0.363. The van der Waals surface area contributed by atoms with E-state index < -0.39 is 0 Å². The molecule has 0 saturated heterocycles. The first-order valence-corrected chi connectivity index (χ1v) is 6.54. The highest BCUT2D eigenvalue weighted by molar-refractivity contribution is 6.30. The molecule has 0 amide bonds. The van der Waals surface area contributed by atoms with Crippen molar-refractivity contribution in [3.8, 4) is 0 Å². The summed E-state index contributed by atoms with van der Waals surface area (Å²) in [4.78, 5) is 6.32. The lowest BCUT2D eigenvalue weighted by Crippen LogP contribution is -2.23. The van der Waals surface area contributed by atoms with Crippen LogP contribution in [0.2, 0.25) is 5.02 Å². The Morgan fingerprint density at radius 1 is 1.42 bits per heavy atom. The van der Waals surface area contributed by atoms with E-state index in [4.69, 9.17) is 11.6 Å². The molecule has 0 fully saturated rings.